The van der Waals surface area contributed by atoms with Crippen molar-refractivity contribution in [2.45, 2.75) is 19.9 Å². The molecule has 0 bridgehead atoms. The van der Waals surface area contributed by atoms with Gasteiger partial charge >= 0.3 is 0 Å². The summed E-state index contributed by atoms with van der Waals surface area (Å²) in [5.41, 5.74) is 0.943. The zero-order chi connectivity index (χ0) is 15.6. The van der Waals surface area contributed by atoms with Gasteiger partial charge in [0.1, 0.15) is 0 Å². The Morgan fingerprint density at radius 1 is 1.22 bits per heavy atom. The first-order chi connectivity index (χ1) is 11.3. The molecule has 1 aliphatic heterocycles. The van der Waals surface area contributed by atoms with Crippen LogP contribution >= 0.6 is 11.3 Å². The second-order valence-electron chi connectivity index (χ2n) is 6.02. The van der Waals surface area contributed by atoms with Crippen LogP contribution in [0.15, 0.2) is 41.2 Å². The lowest BCUT2D eigenvalue weighted by Crippen LogP contribution is -2.46. The molecule has 6 heteroatoms. The predicted octanol–water partition coefficient (Wildman–Crippen LogP) is 3.18. The molecule has 0 N–H and O–H groups in total. The molecule has 23 heavy (non-hydrogen) atoms. The smallest absolute Gasteiger partial charge is 0.227 e. The fraction of sp³-hybridized carbons (Fsp3) is 0.353. The van der Waals surface area contributed by atoms with Gasteiger partial charge in [-0.05, 0) is 37.1 Å². The van der Waals surface area contributed by atoms with Gasteiger partial charge in [0.2, 0.25) is 11.7 Å². The predicted molar refractivity (Wildman–Crippen MR) is 89.1 cm³/mol. The van der Waals surface area contributed by atoms with Gasteiger partial charge in [0.05, 0.1) is 0 Å². The highest BCUT2D eigenvalue weighted by Crippen LogP contribution is 2.25. The minimum absolute atomic E-state index is 0.613. The van der Waals surface area contributed by atoms with E-state index in [1.54, 1.807) is 12.4 Å². The van der Waals surface area contributed by atoms with Gasteiger partial charge in [0.25, 0.3) is 0 Å². The van der Waals surface area contributed by atoms with Crippen LogP contribution in [0.3, 0.4) is 0 Å². The van der Waals surface area contributed by atoms with Crippen molar-refractivity contribution in [2.24, 2.45) is 5.92 Å². The van der Waals surface area contributed by atoms with E-state index in [9.17, 15) is 0 Å². The summed E-state index contributed by atoms with van der Waals surface area (Å²) >= 11 is 1.88. The molecule has 0 amide bonds. The maximum Gasteiger partial charge on any atom is 0.227 e. The van der Waals surface area contributed by atoms with Crippen molar-refractivity contribution in [3.8, 4) is 11.4 Å². The van der Waals surface area contributed by atoms with Crippen molar-refractivity contribution in [1.29, 1.82) is 0 Å². The van der Waals surface area contributed by atoms with Gasteiger partial charge in [-0.3, -0.25) is 9.88 Å². The number of aryl methyl sites for hydroxylation is 1. The highest BCUT2D eigenvalue weighted by Gasteiger charge is 2.28. The zero-order valence-electron chi connectivity index (χ0n) is 13.0. The largest absolute Gasteiger partial charge is 0.339 e. The van der Waals surface area contributed by atoms with E-state index in [2.05, 4.69) is 39.1 Å². The molecular formula is C17H18N4OS. The highest BCUT2D eigenvalue weighted by molar-refractivity contribution is 7.11. The lowest BCUT2D eigenvalue weighted by atomic mass is 9.96. The molecule has 1 aliphatic rings. The standard InChI is InChI=1S/C17H18N4OS/c1-12-2-3-15(23-12)11-21-9-13(10-21)8-16-19-17(20-22-16)14-4-6-18-7-5-14/h2-7,13H,8-11H2,1H3. The minimum atomic E-state index is 0.613. The van der Waals surface area contributed by atoms with Crippen molar-refractivity contribution >= 4 is 11.3 Å². The molecule has 1 fully saturated rings. The third-order valence-corrected chi connectivity index (χ3v) is 5.06. The lowest BCUT2D eigenvalue weighted by molar-refractivity contribution is 0.0877. The molecule has 0 aromatic carbocycles. The first-order valence-corrected chi connectivity index (χ1v) is 8.58. The second kappa shape index (κ2) is 6.22. The number of rotatable bonds is 5. The molecular weight excluding hydrogens is 308 g/mol. The van der Waals surface area contributed by atoms with E-state index in [1.807, 2.05) is 23.5 Å². The summed E-state index contributed by atoms with van der Waals surface area (Å²) in [7, 11) is 0. The van der Waals surface area contributed by atoms with Crippen LogP contribution < -0.4 is 0 Å². The number of thiophene rings is 1. The first kappa shape index (κ1) is 14.5. The summed E-state index contributed by atoms with van der Waals surface area (Å²) in [5.74, 6) is 1.99. The Kier molecular flexibility index (Phi) is 3.93. The van der Waals surface area contributed by atoms with Gasteiger partial charge in [0.15, 0.2) is 0 Å². The third-order valence-electron chi connectivity index (χ3n) is 4.08. The van der Waals surface area contributed by atoms with Gasteiger partial charge in [0, 0.05) is 53.8 Å². The maximum atomic E-state index is 5.38. The molecule has 4 heterocycles. The van der Waals surface area contributed by atoms with Crippen molar-refractivity contribution in [3.05, 3.63) is 52.3 Å². The SMILES string of the molecule is Cc1ccc(CN2CC(Cc3nc(-c4ccncc4)no3)C2)s1. The van der Waals surface area contributed by atoms with Crippen LogP contribution in [-0.4, -0.2) is 33.1 Å². The Hall–Kier alpha value is -2.05. The van der Waals surface area contributed by atoms with Crippen molar-refractivity contribution < 1.29 is 4.52 Å². The van der Waals surface area contributed by atoms with Crippen LogP contribution in [0.4, 0.5) is 0 Å². The molecule has 0 unspecified atom stereocenters. The average Bonchev–Trinajstić information content (AvgIpc) is 3.15. The van der Waals surface area contributed by atoms with Crippen LogP contribution in [0.5, 0.6) is 0 Å². The van der Waals surface area contributed by atoms with Crippen molar-refractivity contribution in [3.63, 3.8) is 0 Å². The third kappa shape index (κ3) is 3.33. The molecule has 118 valence electrons. The number of hydrogen-bond acceptors (Lipinski definition) is 6. The zero-order valence-corrected chi connectivity index (χ0v) is 13.8. The van der Waals surface area contributed by atoms with E-state index in [0.717, 1.165) is 37.5 Å². The number of likely N-dealkylation sites (tertiary alicyclic amines) is 1. The van der Waals surface area contributed by atoms with Gasteiger partial charge in [-0.2, -0.15) is 4.98 Å². The van der Waals surface area contributed by atoms with Gasteiger partial charge in [-0.25, -0.2) is 0 Å². The highest BCUT2D eigenvalue weighted by atomic mass is 32.1. The molecule has 3 aromatic heterocycles. The quantitative estimate of drug-likeness (QED) is 0.721. The molecule has 5 nitrogen and oxygen atoms in total. The van der Waals surface area contributed by atoms with Gasteiger partial charge < -0.3 is 4.52 Å². The summed E-state index contributed by atoms with van der Waals surface area (Å²) in [6, 6.07) is 8.20. The van der Waals surface area contributed by atoms with Crippen LogP contribution in [0.25, 0.3) is 11.4 Å². The number of hydrogen-bond donors (Lipinski definition) is 0. The monoisotopic (exact) mass is 326 g/mol. The second-order valence-corrected chi connectivity index (χ2v) is 7.40. The van der Waals surface area contributed by atoms with Gasteiger partial charge in [-0.15, -0.1) is 11.3 Å². The van der Waals surface area contributed by atoms with Crippen LogP contribution in [-0.2, 0) is 13.0 Å². The van der Waals surface area contributed by atoms with Crippen LogP contribution in [0, 0.1) is 12.8 Å². The molecule has 0 radical (unpaired) electrons. The van der Waals surface area contributed by atoms with E-state index >= 15 is 0 Å². The molecule has 0 spiro atoms. The molecule has 0 aliphatic carbocycles. The van der Waals surface area contributed by atoms with E-state index in [4.69, 9.17) is 4.52 Å². The fourth-order valence-corrected chi connectivity index (χ4v) is 3.86. The molecule has 4 rings (SSSR count). The van der Waals surface area contributed by atoms with E-state index in [-0.39, 0.29) is 0 Å². The summed E-state index contributed by atoms with van der Waals surface area (Å²) in [5, 5.41) is 4.06. The number of pyridine rings is 1. The summed E-state index contributed by atoms with van der Waals surface area (Å²) in [6.45, 7) is 5.41. The Labute approximate surface area is 139 Å². The Balaban J connectivity index is 1.30. The summed E-state index contributed by atoms with van der Waals surface area (Å²) < 4.78 is 5.38. The van der Waals surface area contributed by atoms with Crippen LogP contribution in [0.1, 0.15) is 15.6 Å². The average molecular weight is 326 g/mol. The van der Waals surface area contributed by atoms with Gasteiger partial charge in [-0.1, -0.05) is 5.16 Å². The van der Waals surface area contributed by atoms with Crippen molar-refractivity contribution in [1.82, 2.24) is 20.0 Å². The Morgan fingerprint density at radius 3 is 2.78 bits per heavy atom. The first-order valence-electron chi connectivity index (χ1n) is 7.77. The number of nitrogens with zero attached hydrogens (tertiary/aromatic N) is 4. The normalized spacial score (nSPS) is 15.7. The topological polar surface area (TPSA) is 55.1 Å². The Bertz CT molecular complexity index is 777. The fourth-order valence-electron chi connectivity index (χ4n) is 2.93. The molecule has 3 aromatic rings. The Morgan fingerprint density at radius 2 is 2.04 bits per heavy atom. The van der Waals surface area contributed by atoms with E-state index in [0.29, 0.717) is 11.7 Å². The van der Waals surface area contributed by atoms with Crippen LogP contribution in [0.2, 0.25) is 0 Å². The molecule has 1 saturated heterocycles. The van der Waals surface area contributed by atoms with E-state index < -0.39 is 0 Å². The molecule has 0 saturated carbocycles. The van der Waals surface area contributed by atoms with Crippen molar-refractivity contribution in [2.75, 3.05) is 13.1 Å². The summed E-state index contributed by atoms with van der Waals surface area (Å²) in [6.07, 6.45) is 4.33. The minimum Gasteiger partial charge on any atom is -0.339 e. The molecule has 0 atom stereocenters. The van der Waals surface area contributed by atoms with E-state index in [1.165, 1.54) is 9.75 Å². The summed E-state index contributed by atoms with van der Waals surface area (Å²) in [4.78, 5) is 13.8. The lowest BCUT2D eigenvalue weighted by Gasteiger charge is -2.38. The number of aromatic nitrogens is 3. The maximum absolute atomic E-state index is 5.38.